The summed E-state index contributed by atoms with van der Waals surface area (Å²) < 4.78 is 4.99. The van der Waals surface area contributed by atoms with Crippen LogP contribution in [-0.2, 0) is 9.53 Å². The predicted molar refractivity (Wildman–Crippen MR) is 53.9 cm³/mol. The third-order valence-electron chi connectivity index (χ3n) is 2.63. The van der Waals surface area contributed by atoms with Crippen molar-refractivity contribution in [3.63, 3.8) is 0 Å². The molecule has 0 aromatic rings. The Morgan fingerprint density at radius 2 is 2.00 bits per heavy atom. The average Bonchev–Trinajstić information content (AvgIpc) is 2.15. The van der Waals surface area contributed by atoms with E-state index in [1.165, 1.54) is 0 Å². The summed E-state index contributed by atoms with van der Waals surface area (Å²) in [6.45, 7) is 4.11. The molecule has 1 rings (SSSR count). The van der Waals surface area contributed by atoms with E-state index >= 15 is 0 Å². The highest BCUT2D eigenvalue weighted by molar-refractivity contribution is 5.80. The van der Waals surface area contributed by atoms with Crippen LogP contribution in [0.5, 0.6) is 0 Å². The molecule has 0 radical (unpaired) electrons. The number of likely N-dealkylation sites (N-methyl/N-ethyl adjacent to an activating group) is 1. The lowest BCUT2D eigenvalue weighted by molar-refractivity contribution is -0.125. The fourth-order valence-corrected chi connectivity index (χ4v) is 1.66. The van der Waals surface area contributed by atoms with E-state index in [-0.39, 0.29) is 11.9 Å². The van der Waals surface area contributed by atoms with Gasteiger partial charge >= 0.3 is 0 Å². The summed E-state index contributed by atoms with van der Waals surface area (Å²) in [6, 6.07) is -0.270. The van der Waals surface area contributed by atoms with Gasteiger partial charge in [-0.3, -0.25) is 9.69 Å². The number of ether oxygens (including phenoxy) is 1. The van der Waals surface area contributed by atoms with Crippen molar-refractivity contribution in [2.45, 2.75) is 6.04 Å². The summed E-state index contributed by atoms with van der Waals surface area (Å²) in [5, 5.41) is 0. The van der Waals surface area contributed by atoms with Gasteiger partial charge in [0.25, 0.3) is 0 Å². The van der Waals surface area contributed by atoms with E-state index in [0.29, 0.717) is 6.61 Å². The average molecular weight is 201 g/mol. The molecule has 0 aromatic carbocycles. The van der Waals surface area contributed by atoms with Gasteiger partial charge in [0.05, 0.1) is 6.61 Å². The number of rotatable bonds is 4. The van der Waals surface area contributed by atoms with Crippen molar-refractivity contribution in [3.05, 3.63) is 0 Å². The number of methoxy groups -OCH3 is 1. The van der Waals surface area contributed by atoms with Crippen LogP contribution in [0.4, 0.5) is 0 Å². The third-order valence-corrected chi connectivity index (χ3v) is 2.63. The Morgan fingerprint density at radius 3 is 2.43 bits per heavy atom. The Morgan fingerprint density at radius 1 is 1.43 bits per heavy atom. The molecule has 1 atom stereocenters. The van der Waals surface area contributed by atoms with E-state index in [2.05, 4.69) is 16.8 Å². The molecule has 0 unspecified atom stereocenters. The Hall–Kier alpha value is -0.650. The molecule has 0 bridgehead atoms. The Bertz CT molecular complexity index is 190. The van der Waals surface area contributed by atoms with Gasteiger partial charge in [-0.1, -0.05) is 0 Å². The largest absolute Gasteiger partial charge is 0.383 e. The molecule has 1 aliphatic heterocycles. The molecule has 5 nitrogen and oxygen atoms in total. The van der Waals surface area contributed by atoms with E-state index < -0.39 is 0 Å². The van der Waals surface area contributed by atoms with Gasteiger partial charge in [0.15, 0.2) is 0 Å². The zero-order valence-corrected chi connectivity index (χ0v) is 8.90. The fourth-order valence-electron chi connectivity index (χ4n) is 1.66. The summed E-state index contributed by atoms with van der Waals surface area (Å²) in [5.41, 5.74) is 5.31. The highest BCUT2D eigenvalue weighted by Crippen LogP contribution is 2.05. The van der Waals surface area contributed by atoms with Crippen LogP contribution >= 0.6 is 0 Å². The molecule has 82 valence electrons. The molecule has 1 amide bonds. The summed E-state index contributed by atoms with van der Waals surface area (Å²) in [5.74, 6) is -0.295. The highest BCUT2D eigenvalue weighted by atomic mass is 16.5. The van der Waals surface area contributed by atoms with Crippen molar-refractivity contribution in [1.82, 2.24) is 9.80 Å². The highest BCUT2D eigenvalue weighted by Gasteiger charge is 2.26. The smallest absolute Gasteiger partial charge is 0.237 e. The van der Waals surface area contributed by atoms with Gasteiger partial charge < -0.3 is 15.4 Å². The maximum Gasteiger partial charge on any atom is 0.237 e. The van der Waals surface area contributed by atoms with Crippen LogP contribution < -0.4 is 5.73 Å². The van der Waals surface area contributed by atoms with Crippen LogP contribution in [0, 0.1) is 0 Å². The van der Waals surface area contributed by atoms with Crippen LogP contribution in [0.15, 0.2) is 0 Å². The molecule has 0 spiro atoms. The molecular weight excluding hydrogens is 182 g/mol. The van der Waals surface area contributed by atoms with Crippen molar-refractivity contribution in [3.8, 4) is 0 Å². The van der Waals surface area contributed by atoms with Crippen molar-refractivity contribution >= 4 is 5.91 Å². The molecule has 2 N–H and O–H groups in total. The van der Waals surface area contributed by atoms with Crippen LogP contribution in [0.25, 0.3) is 0 Å². The molecule has 0 aromatic heterocycles. The van der Waals surface area contributed by atoms with E-state index in [1.807, 2.05) is 0 Å². The lowest BCUT2D eigenvalue weighted by atomic mass is 10.2. The monoisotopic (exact) mass is 201 g/mol. The first-order chi connectivity index (χ1) is 6.65. The zero-order valence-electron chi connectivity index (χ0n) is 8.90. The molecular formula is C9H19N3O2. The van der Waals surface area contributed by atoms with Gasteiger partial charge in [0.1, 0.15) is 6.04 Å². The number of piperazine rings is 1. The summed E-state index contributed by atoms with van der Waals surface area (Å²) in [7, 11) is 3.67. The zero-order chi connectivity index (χ0) is 10.6. The van der Waals surface area contributed by atoms with Crippen LogP contribution in [0.1, 0.15) is 0 Å². The van der Waals surface area contributed by atoms with Gasteiger partial charge in [-0.15, -0.1) is 0 Å². The van der Waals surface area contributed by atoms with Gasteiger partial charge in [0.2, 0.25) is 5.91 Å². The van der Waals surface area contributed by atoms with E-state index in [4.69, 9.17) is 10.5 Å². The second kappa shape index (κ2) is 5.29. The molecule has 5 heteroatoms. The minimum Gasteiger partial charge on any atom is -0.383 e. The first-order valence-corrected chi connectivity index (χ1v) is 4.86. The lowest BCUT2D eigenvalue weighted by Crippen LogP contribution is -2.54. The Labute approximate surface area is 84.8 Å². The Balaban J connectivity index is 2.47. The fraction of sp³-hybridized carbons (Fsp3) is 0.889. The van der Waals surface area contributed by atoms with Crippen molar-refractivity contribution in [2.75, 3.05) is 46.9 Å². The van der Waals surface area contributed by atoms with E-state index in [0.717, 1.165) is 26.2 Å². The second-order valence-corrected chi connectivity index (χ2v) is 3.71. The molecule has 0 saturated carbocycles. The topological polar surface area (TPSA) is 58.8 Å². The van der Waals surface area contributed by atoms with Gasteiger partial charge in [0, 0.05) is 33.3 Å². The van der Waals surface area contributed by atoms with Crippen molar-refractivity contribution < 1.29 is 9.53 Å². The number of carbonyl (C=O) groups excluding carboxylic acids is 1. The molecule has 14 heavy (non-hydrogen) atoms. The predicted octanol–water partition coefficient (Wildman–Crippen LogP) is -1.27. The number of nitrogens with zero attached hydrogens (tertiary/aromatic N) is 2. The van der Waals surface area contributed by atoms with Crippen LogP contribution in [-0.4, -0.2) is 68.7 Å². The van der Waals surface area contributed by atoms with Gasteiger partial charge in [-0.05, 0) is 7.05 Å². The summed E-state index contributed by atoms with van der Waals surface area (Å²) in [4.78, 5) is 15.5. The molecule has 0 aliphatic carbocycles. The standard InChI is InChI=1S/C9H19N3O2/c1-11-3-5-12(6-4-11)8(7-14-2)9(10)13/h8H,3-7H2,1-2H3,(H2,10,13)/t8-/m1/s1. The third kappa shape index (κ3) is 2.94. The Kier molecular flexibility index (Phi) is 4.31. The molecule has 1 saturated heterocycles. The number of primary amides is 1. The maximum absolute atomic E-state index is 11.2. The number of hydrogen-bond donors (Lipinski definition) is 1. The molecule has 1 fully saturated rings. The van der Waals surface area contributed by atoms with Crippen LogP contribution in [0.2, 0.25) is 0 Å². The van der Waals surface area contributed by atoms with E-state index in [9.17, 15) is 4.79 Å². The maximum atomic E-state index is 11.2. The van der Waals surface area contributed by atoms with Crippen LogP contribution in [0.3, 0.4) is 0 Å². The van der Waals surface area contributed by atoms with Gasteiger partial charge in [-0.2, -0.15) is 0 Å². The minimum absolute atomic E-state index is 0.270. The number of hydrogen-bond acceptors (Lipinski definition) is 4. The van der Waals surface area contributed by atoms with E-state index in [1.54, 1.807) is 7.11 Å². The first kappa shape index (κ1) is 11.4. The second-order valence-electron chi connectivity index (χ2n) is 3.71. The number of carbonyl (C=O) groups is 1. The SMILES string of the molecule is COC[C@H](C(N)=O)N1CCN(C)CC1. The van der Waals surface area contributed by atoms with Gasteiger partial charge in [-0.25, -0.2) is 0 Å². The van der Waals surface area contributed by atoms with Crippen molar-refractivity contribution in [2.24, 2.45) is 5.73 Å². The summed E-state index contributed by atoms with van der Waals surface area (Å²) in [6.07, 6.45) is 0. The number of nitrogens with two attached hydrogens (primary N) is 1. The summed E-state index contributed by atoms with van der Waals surface area (Å²) >= 11 is 0. The minimum atomic E-state index is -0.295. The molecule has 1 aliphatic rings. The quantitative estimate of drug-likeness (QED) is 0.616. The first-order valence-electron chi connectivity index (χ1n) is 4.86. The lowest BCUT2D eigenvalue weighted by Gasteiger charge is -2.36. The van der Waals surface area contributed by atoms with Crippen molar-refractivity contribution in [1.29, 1.82) is 0 Å². The molecule has 1 heterocycles. The number of amides is 1. The normalized spacial score (nSPS) is 22.1.